The number of amides is 1. The number of methoxy groups -OCH3 is 1. The standard InChI is InChI=1S/C34H42N2O5/c1-4-5-18-35-34(37)41-32-16-10-29(11-17-32)33(26(2)25-27-6-12-30(38-3)13-7-27)28-8-14-31(15-9-28)40-24-21-36-19-22-39-23-20-36/h6-17H,4-5,18-25H2,1-3H3,(H,35,37)/b33-26-. The van der Waals surface area contributed by atoms with Crippen LogP contribution in [-0.2, 0) is 11.2 Å². The molecule has 0 aliphatic carbocycles. The molecular formula is C34H42N2O5. The van der Waals surface area contributed by atoms with Gasteiger partial charge in [-0.2, -0.15) is 0 Å². The Morgan fingerprint density at radius 2 is 1.49 bits per heavy atom. The molecule has 0 atom stereocenters. The molecule has 1 amide bonds. The first-order valence-corrected chi connectivity index (χ1v) is 14.5. The molecule has 1 saturated heterocycles. The number of carbonyl (C=O) groups is 1. The third kappa shape index (κ3) is 9.37. The SMILES string of the molecule is CCCCNC(=O)Oc1ccc(/C(=C(/C)Cc2ccc(OC)cc2)c2ccc(OCCN3CCOCC3)cc2)cc1. The highest BCUT2D eigenvalue weighted by Crippen LogP contribution is 2.31. The van der Waals surface area contributed by atoms with Gasteiger partial charge in [0.05, 0.1) is 20.3 Å². The molecule has 3 aromatic rings. The van der Waals surface area contributed by atoms with Gasteiger partial charge >= 0.3 is 6.09 Å². The van der Waals surface area contributed by atoms with Crippen molar-refractivity contribution in [3.8, 4) is 17.2 Å². The third-order valence-corrected chi connectivity index (χ3v) is 7.13. The highest BCUT2D eigenvalue weighted by molar-refractivity contribution is 5.82. The molecular weight excluding hydrogens is 516 g/mol. The van der Waals surface area contributed by atoms with Gasteiger partial charge in [-0.15, -0.1) is 0 Å². The highest BCUT2D eigenvalue weighted by atomic mass is 16.6. The Morgan fingerprint density at radius 1 is 0.878 bits per heavy atom. The van der Waals surface area contributed by atoms with E-state index in [1.165, 1.54) is 11.1 Å². The van der Waals surface area contributed by atoms with Crippen LogP contribution in [0.15, 0.2) is 78.4 Å². The fourth-order valence-electron chi connectivity index (χ4n) is 4.83. The zero-order chi connectivity index (χ0) is 28.9. The average molecular weight is 559 g/mol. The summed E-state index contributed by atoms with van der Waals surface area (Å²) in [5, 5.41) is 2.79. The fourth-order valence-corrected chi connectivity index (χ4v) is 4.83. The van der Waals surface area contributed by atoms with Crippen LogP contribution in [0, 0.1) is 0 Å². The molecule has 7 nitrogen and oxygen atoms in total. The van der Waals surface area contributed by atoms with Gasteiger partial charge in [0.15, 0.2) is 0 Å². The number of carbonyl (C=O) groups excluding carboxylic acids is 1. The van der Waals surface area contributed by atoms with E-state index < -0.39 is 6.09 Å². The number of benzene rings is 3. The lowest BCUT2D eigenvalue weighted by Gasteiger charge is -2.26. The number of unbranched alkanes of at least 4 members (excludes halogenated alkanes) is 1. The lowest BCUT2D eigenvalue weighted by atomic mass is 9.90. The number of nitrogens with one attached hydrogen (secondary N) is 1. The van der Waals surface area contributed by atoms with Crippen molar-refractivity contribution in [3.63, 3.8) is 0 Å². The first-order valence-electron chi connectivity index (χ1n) is 14.5. The number of ether oxygens (including phenoxy) is 4. The van der Waals surface area contributed by atoms with E-state index in [9.17, 15) is 4.79 Å². The quantitative estimate of drug-likeness (QED) is 0.246. The second kappa shape index (κ2) is 15.8. The van der Waals surface area contributed by atoms with Gasteiger partial charge in [0, 0.05) is 26.2 Å². The second-order valence-corrected chi connectivity index (χ2v) is 10.2. The van der Waals surface area contributed by atoms with Crippen LogP contribution in [0.4, 0.5) is 4.79 Å². The van der Waals surface area contributed by atoms with E-state index in [1.54, 1.807) is 7.11 Å². The van der Waals surface area contributed by atoms with Gasteiger partial charge in [-0.1, -0.05) is 55.3 Å². The molecule has 0 bridgehead atoms. The summed E-state index contributed by atoms with van der Waals surface area (Å²) in [6.45, 7) is 9.89. The van der Waals surface area contributed by atoms with E-state index in [0.717, 1.165) is 80.3 Å². The molecule has 0 spiro atoms. The van der Waals surface area contributed by atoms with E-state index >= 15 is 0 Å². The lowest BCUT2D eigenvalue weighted by Crippen LogP contribution is -2.38. The fraction of sp³-hybridized carbons (Fsp3) is 0.382. The van der Waals surface area contributed by atoms with Gasteiger partial charge in [-0.25, -0.2) is 4.79 Å². The van der Waals surface area contributed by atoms with Crippen molar-refractivity contribution in [1.82, 2.24) is 10.2 Å². The Hall–Kier alpha value is -3.81. The Bertz CT molecular complexity index is 1250. The minimum atomic E-state index is -0.429. The van der Waals surface area contributed by atoms with Crippen LogP contribution in [0.25, 0.3) is 5.57 Å². The maximum absolute atomic E-state index is 12.1. The summed E-state index contributed by atoms with van der Waals surface area (Å²) < 4.78 is 22.3. The van der Waals surface area contributed by atoms with E-state index in [1.807, 2.05) is 48.5 Å². The topological polar surface area (TPSA) is 69.3 Å². The Morgan fingerprint density at radius 3 is 2.10 bits per heavy atom. The average Bonchev–Trinajstić information content (AvgIpc) is 3.00. The van der Waals surface area contributed by atoms with Gasteiger partial charge in [0.25, 0.3) is 0 Å². The molecule has 0 aromatic heterocycles. The molecule has 4 rings (SSSR count). The van der Waals surface area contributed by atoms with Crippen LogP contribution in [0.1, 0.15) is 43.4 Å². The van der Waals surface area contributed by atoms with Crippen molar-refractivity contribution in [2.24, 2.45) is 0 Å². The number of hydrogen-bond acceptors (Lipinski definition) is 6. The van der Waals surface area contributed by atoms with E-state index in [-0.39, 0.29) is 0 Å². The Balaban J connectivity index is 1.51. The molecule has 1 N–H and O–H groups in total. The van der Waals surface area contributed by atoms with Gasteiger partial charge < -0.3 is 24.3 Å². The monoisotopic (exact) mass is 558 g/mol. The first-order chi connectivity index (χ1) is 20.1. The number of allylic oxidation sites excluding steroid dienone is 1. The molecule has 1 heterocycles. The Labute approximate surface area is 244 Å². The van der Waals surface area contributed by atoms with Crippen LogP contribution < -0.4 is 19.5 Å². The largest absolute Gasteiger partial charge is 0.497 e. The van der Waals surface area contributed by atoms with Crippen LogP contribution in [0.2, 0.25) is 0 Å². The second-order valence-electron chi connectivity index (χ2n) is 10.2. The normalized spacial score (nSPS) is 14.2. The van der Waals surface area contributed by atoms with Crippen LogP contribution >= 0.6 is 0 Å². The third-order valence-electron chi connectivity index (χ3n) is 7.13. The number of morpholine rings is 1. The van der Waals surface area contributed by atoms with Crippen LogP contribution in [0.3, 0.4) is 0 Å². The van der Waals surface area contributed by atoms with Gasteiger partial charge in [-0.3, -0.25) is 4.90 Å². The van der Waals surface area contributed by atoms with E-state index in [4.69, 9.17) is 18.9 Å². The molecule has 0 unspecified atom stereocenters. The van der Waals surface area contributed by atoms with Crippen LogP contribution in [-0.4, -0.2) is 64.1 Å². The molecule has 1 fully saturated rings. The summed E-state index contributed by atoms with van der Waals surface area (Å²) in [7, 11) is 1.68. The summed E-state index contributed by atoms with van der Waals surface area (Å²) in [6.07, 6.45) is 2.30. The van der Waals surface area contributed by atoms with E-state index in [0.29, 0.717) is 18.9 Å². The van der Waals surface area contributed by atoms with Crippen molar-refractivity contribution in [2.75, 3.05) is 53.1 Å². The number of rotatable bonds is 13. The molecule has 41 heavy (non-hydrogen) atoms. The minimum absolute atomic E-state index is 0.429. The van der Waals surface area contributed by atoms with E-state index in [2.05, 4.69) is 48.3 Å². The number of nitrogens with zero attached hydrogens (tertiary/aromatic N) is 1. The maximum Gasteiger partial charge on any atom is 0.412 e. The van der Waals surface area contributed by atoms with Gasteiger partial charge in [0.2, 0.25) is 0 Å². The van der Waals surface area contributed by atoms with Gasteiger partial charge in [0.1, 0.15) is 23.9 Å². The summed E-state index contributed by atoms with van der Waals surface area (Å²) >= 11 is 0. The molecule has 218 valence electrons. The van der Waals surface area contributed by atoms with Crippen molar-refractivity contribution in [1.29, 1.82) is 0 Å². The van der Waals surface area contributed by atoms with Crippen molar-refractivity contribution in [2.45, 2.75) is 33.1 Å². The lowest BCUT2D eigenvalue weighted by molar-refractivity contribution is 0.0322. The zero-order valence-corrected chi connectivity index (χ0v) is 24.5. The molecule has 1 aliphatic heterocycles. The predicted octanol–water partition coefficient (Wildman–Crippen LogP) is 6.36. The zero-order valence-electron chi connectivity index (χ0n) is 24.5. The highest BCUT2D eigenvalue weighted by Gasteiger charge is 2.13. The Kier molecular flexibility index (Phi) is 11.7. The molecule has 1 aliphatic rings. The first kappa shape index (κ1) is 30.2. The van der Waals surface area contributed by atoms with Crippen LogP contribution in [0.5, 0.6) is 17.2 Å². The van der Waals surface area contributed by atoms with Crippen molar-refractivity contribution in [3.05, 3.63) is 95.1 Å². The summed E-state index contributed by atoms with van der Waals surface area (Å²) in [4.78, 5) is 14.5. The smallest absolute Gasteiger partial charge is 0.412 e. The maximum atomic E-state index is 12.1. The molecule has 3 aromatic carbocycles. The predicted molar refractivity (Wildman–Crippen MR) is 163 cm³/mol. The molecule has 0 radical (unpaired) electrons. The summed E-state index contributed by atoms with van der Waals surface area (Å²) in [5.74, 6) is 2.21. The van der Waals surface area contributed by atoms with Crippen molar-refractivity contribution >= 4 is 11.7 Å². The summed E-state index contributed by atoms with van der Waals surface area (Å²) in [5.41, 5.74) is 5.72. The summed E-state index contributed by atoms with van der Waals surface area (Å²) in [6, 6.07) is 24.2. The van der Waals surface area contributed by atoms with Crippen molar-refractivity contribution < 1.29 is 23.7 Å². The molecule has 0 saturated carbocycles. The van der Waals surface area contributed by atoms with Gasteiger partial charge in [-0.05, 0) is 78.4 Å². The number of hydrogen-bond donors (Lipinski definition) is 1. The minimum Gasteiger partial charge on any atom is -0.497 e. The molecule has 7 heteroatoms.